The van der Waals surface area contributed by atoms with Crippen molar-refractivity contribution in [3.8, 4) is 11.5 Å². The molecule has 0 aromatic heterocycles. The molecule has 1 rings (SSSR count). The predicted molar refractivity (Wildman–Crippen MR) is 69.9 cm³/mol. The van der Waals surface area contributed by atoms with E-state index in [1.54, 1.807) is 27.3 Å². The summed E-state index contributed by atoms with van der Waals surface area (Å²) in [7, 11) is 4.95. The van der Waals surface area contributed by atoms with Crippen LogP contribution < -0.4 is 15.2 Å². The third-order valence-electron chi connectivity index (χ3n) is 2.51. The van der Waals surface area contributed by atoms with E-state index in [1.165, 1.54) is 4.90 Å². The molecule has 0 spiro atoms. The molecule has 5 nitrogen and oxygen atoms in total. The SMILES string of the molecule is COc1cc(CCN)ccc1OCC(=O)N(C)C. The maximum atomic E-state index is 11.4. The number of rotatable bonds is 6. The van der Waals surface area contributed by atoms with Crippen LogP contribution in [-0.4, -0.2) is 45.2 Å². The molecule has 0 heterocycles. The zero-order chi connectivity index (χ0) is 13.5. The first-order valence-corrected chi connectivity index (χ1v) is 5.78. The van der Waals surface area contributed by atoms with Gasteiger partial charge in [0.2, 0.25) is 0 Å². The molecule has 100 valence electrons. The van der Waals surface area contributed by atoms with E-state index in [9.17, 15) is 4.79 Å². The van der Waals surface area contributed by atoms with Gasteiger partial charge in [-0.05, 0) is 30.7 Å². The summed E-state index contributed by atoms with van der Waals surface area (Å²) >= 11 is 0. The molecule has 18 heavy (non-hydrogen) atoms. The predicted octanol–water partition coefficient (Wildman–Crippen LogP) is 0.663. The van der Waals surface area contributed by atoms with Gasteiger partial charge in [0.25, 0.3) is 5.91 Å². The molecule has 1 aromatic rings. The highest BCUT2D eigenvalue weighted by Gasteiger charge is 2.09. The zero-order valence-electron chi connectivity index (χ0n) is 11.1. The summed E-state index contributed by atoms with van der Waals surface area (Å²) < 4.78 is 10.7. The molecule has 0 bridgehead atoms. The monoisotopic (exact) mass is 252 g/mol. The number of nitrogens with two attached hydrogens (primary N) is 1. The van der Waals surface area contributed by atoms with Crippen molar-refractivity contribution in [2.45, 2.75) is 6.42 Å². The highest BCUT2D eigenvalue weighted by molar-refractivity contribution is 5.77. The fraction of sp³-hybridized carbons (Fsp3) is 0.462. The first-order chi connectivity index (χ1) is 8.58. The van der Waals surface area contributed by atoms with E-state index >= 15 is 0 Å². The van der Waals surface area contributed by atoms with Crippen molar-refractivity contribution in [2.24, 2.45) is 5.73 Å². The number of likely N-dealkylation sites (N-methyl/N-ethyl adjacent to an activating group) is 1. The van der Waals surface area contributed by atoms with Gasteiger partial charge in [-0.15, -0.1) is 0 Å². The third kappa shape index (κ3) is 3.92. The molecule has 0 fully saturated rings. The lowest BCUT2D eigenvalue weighted by Gasteiger charge is -2.14. The Balaban J connectivity index is 2.73. The molecule has 0 atom stereocenters. The number of carbonyl (C=O) groups excluding carboxylic acids is 1. The number of benzene rings is 1. The maximum Gasteiger partial charge on any atom is 0.259 e. The number of carbonyl (C=O) groups is 1. The van der Waals surface area contributed by atoms with E-state index in [2.05, 4.69) is 0 Å². The molecule has 0 aliphatic rings. The van der Waals surface area contributed by atoms with Crippen LogP contribution in [0.15, 0.2) is 18.2 Å². The van der Waals surface area contributed by atoms with Crippen LogP contribution in [0.5, 0.6) is 11.5 Å². The number of nitrogens with zero attached hydrogens (tertiary/aromatic N) is 1. The van der Waals surface area contributed by atoms with Crippen molar-refractivity contribution in [3.63, 3.8) is 0 Å². The Labute approximate surface area is 107 Å². The quantitative estimate of drug-likeness (QED) is 0.808. The molecule has 2 N–H and O–H groups in total. The highest BCUT2D eigenvalue weighted by Crippen LogP contribution is 2.28. The molecule has 0 saturated carbocycles. The second-order valence-electron chi connectivity index (χ2n) is 4.10. The molecule has 0 aliphatic carbocycles. The largest absolute Gasteiger partial charge is 0.493 e. The molecule has 1 amide bonds. The van der Waals surface area contributed by atoms with Crippen molar-refractivity contribution in [1.82, 2.24) is 4.90 Å². The van der Waals surface area contributed by atoms with Crippen LogP contribution in [-0.2, 0) is 11.2 Å². The van der Waals surface area contributed by atoms with Crippen molar-refractivity contribution in [3.05, 3.63) is 23.8 Å². The van der Waals surface area contributed by atoms with Crippen LogP contribution in [0.4, 0.5) is 0 Å². The second-order valence-corrected chi connectivity index (χ2v) is 4.10. The van der Waals surface area contributed by atoms with Gasteiger partial charge < -0.3 is 20.1 Å². The molecule has 0 saturated heterocycles. The van der Waals surface area contributed by atoms with Gasteiger partial charge in [-0.25, -0.2) is 0 Å². The summed E-state index contributed by atoms with van der Waals surface area (Å²) in [6.07, 6.45) is 0.785. The van der Waals surface area contributed by atoms with Crippen LogP contribution in [0.25, 0.3) is 0 Å². The molecule has 0 radical (unpaired) electrons. The van der Waals surface area contributed by atoms with Gasteiger partial charge in [-0.1, -0.05) is 6.07 Å². The molecule has 0 aliphatic heterocycles. The van der Waals surface area contributed by atoms with Gasteiger partial charge in [0, 0.05) is 14.1 Å². The fourth-order valence-corrected chi connectivity index (χ4v) is 1.42. The first kappa shape index (κ1) is 14.3. The fourth-order valence-electron chi connectivity index (χ4n) is 1.42. The lowest BCUT2D eigenvalue weighted by atomic mass is 10.1. The van der Waals surface area contributed by atoms with Gasteiger partial charge in [0.1, 0.15) is 0 Å². The van der Waals surface area contributed by atoms with Gasteiger partial charge in [-0.2, -0.15) is 0 Å². The lowest BCUT2D eigenvalue weighted by molar-refractivity contribution is -0.130. The lowest BCUT2D eigenvalue weighted by Crippen LogP contribution is -2.27. The Bertz CT molecular complexity index is 405. The van der Waals surface area contributed by atoms with Gasteiger partial charge in [0.05, 0.1) is 7.11 Å². The van der Waals surface area contributed by atoms with E-state index in [4.69, 9.17) is 15.2 Å². The number of amides is 1. The minimum absolute atomic E-state index is 0.000401. The second kappa shape index (κ2) is 6.86. The van der Waals surface area contributed by atoms with Crippen LogP contribution in [0, 0.1) is 0 Å². The smallest absolute Gasteiger partial charge is 0.259 e. The minimum Gasteiger partial charge on any atom is -0.493 e. The summed E-state index contributed by atoms with van der Waals surface area (Å²) in [6, 6.07) is 5.60. The highest BCUT2D eigenvalue weighted by atomic mass is 16.5. The number of hydrogen-bond donors (Lipinski definition) is 1. The van der Waals surface area contributed by atoms with E-state index < -0.39 is 0 Å². The maximum absolute atomic E-state index is 11.4. The standard InChI is InChI=1S/C13H20N2O3/c1-15(2)13(16)9-18-11-5-4-10(6-7-14)8-12(11)17-3/h4-5,8H,6-7,9,14H2,1-3H3. The summed E-state index contributed by atoms with van der Waals surface area (Å²) in [5.74, 6) is 1.09. The Morgan fingerprint density at radius 3 is 2.61 bits per heavy atom. The van der Waals surface area contributed by atoms with Gasteiger partial charge >= 0.3 is 0 Å². The molecule has 0 unspecified atom stereocenters. The number of methoxy groups -OCH3 is 1. The van der Waals surface area contributed by atoms with E-state index in [0.29, 0.717) is 18.0 Å². The zero-order valence-corrected chi connectivity index (χ0v) is 11.1. The van der Waals surface area contributed by atoms with E-state index in [-0.39, 0.29) is 12.5 Å². The number of ether oxygens (including phenoxy) is 2. The average molecular weight is 252 g/mol. The van der Waals surface area contributed by atoms with Gasteiger partial charge in [-0.3, -0.25) is 4.79 Å². The van der Waals surface area contributed by atoms with E-state index in [1.807, 2.05) is 12.1 Å². The number of hydrogen-bond acceptors (Lipinski definition) is 4. The Kier molecular flexibility index (Phi) is 5.45. The average Bonchev–Trinajstić information content (AvgIpc) is 2.36. The Morgan fingerprint density at radius 2 is 2.06 bits per heavy atom. The van der Waals surface area contributed by atoms with Crippen molar-refractivity contribution in [2.75, 3.05) is 34.4 Å². The first-order valence-electron chi connectivity index (χ1n) is 5.78. The van der Waals surface area contributed by atoms with Crippen molar-refractivity contribution >= 4 is 5.91 Å². The molecular weight excluding hydrogens is 232 g/mol. The Morgan fingerprint density at radius 1 is 1.33 bits per heavy atom. The van der Waals surface area contributed by atoms with Crippen LogP contribution in [0.1, 0.15) is 5.56 Å². The van der Waals surface area contributed by atoms with E-state index in [0.717, 1.165) is 12.0 Å². The minimum atomic E-state index is -0.0944. The van der Waals surface area contributed by atoms with Crippen LogP contribution in [0.2, 0.25) is 0 Å². The Hall–Kier alpha value is -1.75. The molecule has 5 heteroatoms. The summed E-state index contributed by atoms with van der Waals surface area (Å²) in [5.41, 5.74) is 6.58. The van der Waals surface area contributed by atoms with Crippen molar-refractivity contribution < 1.29 is 14.3 Å². The summed E-state index contributed by atoms with van der Waals surface area (Å²) in [5, 5.41) is 0. The summed E-state index contributed by atoms with van der Waals surface area (Å²) in [4.78, 5) is 12.9. The van der Waals surface area contributed by atoms with Crippen LogP contribution >= 0.6 is 0 Å². The van der Waals surface area contributed by atoms with Crippen molar-refractivity contribution in [1.29, 1.82) is 0 Å². The normalized spacial score (nSPS) is 10.0. The van der Waals surface area contributed by atoms with Gasteiger partial charge in [0.15, 0.2) is 18.1 Å². The molecular formula is C13H20N2O3. The molecule has 1 aromatic carbocycles. The van der Waals surface area contributed by atoms with Crippen LogP contribution in [0.3, 0.4) is 0 Å². The summed E-state index contributed by atoms with van der Waals surface area (Å²) in [6.45, 7) is 0.585. The third-order valence-corrected chi connectivity index (χ3v) is 2.51. The topological polar surface area (TPSA) is 64.8 Å².